The lowest BCUT2D eigenvalue weighted by Crippen LogP contribution is -2.15. The largest absolute Gasteiger partial charge is 0.258 e. The Kier molecular flexibility index (Phi) is 3.88. The van der Waals surface area contributed by atoms with E-state index in [4.69, 9.17) is 12.2 Å². The Labute approximate surface area is 60.9 Å². The minimum absolute atomic E-state index is 0.633. The van der Waals surface area contributed by atoms with Crippen molar-refractivity contribution in [1.29, 1.82) is 0 Å². The number of hydrazone groups is 1. The molecule has 0 aliphatic rings. The van der Waals surface area contributed by atoms with Crippen molar-refractivity contribution in [2.75, 3.05) is 7.05 Å². The van der Waals surface area contributed by atoms with Gasteiger partial charge in [-0.2, -0.15) is 5.10 Å². The summed E-state index contributed by atoms with van der Waals surface area (Å²) in [6.07, 6.45) is 3.26. The predicted molar refractivity (Wildman–Crippen MR) is 44.7 cm³/mol. The molecule has 0 saturated carbocycles. The smallest absolute Gasteiger partial charge is 0.121 e. The Hall–Kier alpha value is -0.700. The Bertz CT molecular complexity index is 140. The van der Waals surface area contributed by atoms with Crippen molar-refractivity contribution in [1.82, 2.24) is 5.01 Å². The summed E-state index contributed by atoms with van der Waals surface area (Å²) >= 11 is 4.84. The summed E-state index contributed by atoms with van der Waals surface area (Å²) < 4.78 is 0. The van der Waals surface area contributed by atoms with Crippen molar-refractivity contribution in [3.05, 3.63) is 12.7 Å². The standard InChI is InChI=1S/C6H10N2S/c1-4-6(9)8(3)7-5-2/h4-5H,1H2,2-3H3/b7-5+. The highest BCUT2D eigenvalue weighted by molar-refractivity contribution is 7.80. The van der Waals surface area contributed by atoms with E-state index < -0.39 is 0 Å². The van der Waals surface area contributed by atoms with Gasteiger partial charge in [-0.15, -0.1) is 0 Å². The Morgan fingerprint density at radius 3 is 2.67 bits per heavy atom. The van der Waals surface area contributed by atoms with Crippen LogP contribution in [0.3, 0.4) is 0 Å². The third kappa shape index (κ3) is 2.98. The van der Waals surface area contributed by atoms with Gasteiger partial charge in [0, 0.05) is 13.3 Å². The molecule has 0 aliphatic heterocycles. The van der Waals surface area contributed by atoms with Crippen molar-refractivity contribution < 1.29 is 0 Å². The van der Waals surface area contributed by atoms with E-state index in [1.165, 1.54) is 0 Å². The van der Waals surface area contributed by atoms with Crippen molar-refractivity contribution in [3.8, 4) is 0 Å². The van der Waals surface area contributed by atoms with E-state index in [2.05, 4.69) is 11.7 Å². The van der Waals surface area contributed by atoms with Crippen LogP contribution in [0.2, 0.25) is 0 Å². The van der Waals surface area contributed by atoms with Crippen LogP contribution in [0.5, 0.6) is 0 Å². The molecular formula is C6H10N2S. The normalized spacial score (nSPS) is 9.56. The fraction of sp³-hybridized carbons (Fsp3) is 0.333. The molecule has 0 spiro atoms. The monoisotopic (exact) mass is 142 g/mol. The molecule has 3 heteroatoms. The van der Waals surface area contributed by atoms with Gasteiger partial charge in [0.1, 0.15) is 4.99 Å². The zero-order valence-electron chi connectivity index (χ0n) is 5.66. The molecule has 0 unspecified atom stereocenters. The zero-order valence-corrected chi connectivity index (χ0v) is 6.48. The van der Waals surface area contributed by atoms with Crippen LogP contribution < -0.4 is 0 Å². The van der Waals surface area contributed by atoms with E-state index in [9.17, 15) is 0 Å². The molecule has 0 fully saturated rings. The van der Waals surface area contributed by atoms with E-state index in [1.807, 2.05) is 6.92 Å². The molecule has 50 valence electrons. The summed E-state index contributed by atoms with van der Waals surface area (Å²) in [5, 5.41) is 5.48. The number of hydrogen-bond acceptors (Lipinski definition) is 2. The third-order valence-corrected chi connectivity index (χ3v) is 1.21. The molecule has 0 aromatic carbocycles. The number of likely N-dealkylation sites (N-methyl/N-ethyl adjacent to an activating group) is 1. The molecule has 0 saturated heterocycles. The molecule has 0 aliphatic carbocycles. The second kappa shape index (κ2) is 4.21. The van der Waals surface area contributed by atoms with Gasteiger partial charge in [-0.05, 0) is 13.0 Å². The van der Waals surface area contributed by atoms with E-state index >= 15 is 0 Å². The Balaban J connectivity index is 3.87. The van der Waals surface area contributed by atoms with Crippen LogP contribution in [0.4, 0.5) is 0 Å². The molecular weight excluding hydrogens is 132 g/mol. The van der Waals surface area contributed by atoms with Gasteiger partial charge in [0.2, 0.25) is 0 Å². The van der Waals surface area contributed by atoms with Crippen LogP contribution in [0, 0.1) is 0 Å². The Morgan fingerprint density at radius 2 is 2.33 bits per heavy atom. The van der Waals surface area contributed by atoms with Gasteiger partial charge in [0.25, 0.3) is 0 Å². The lowest BCUT2D eigenvalue weighted by molar-refractivity contribution is 0.560. The molecule has 9 heavy (non-hydrogen) atoms. The highest BCUT2D eigenvalue weighted by Crippen LogP contribution is 1.87. The van der Waals surface area contributed by atoms with Crippen LogP contribution >= 0.6 is 12.2 Å². The first-order chi connectivity index (χ1) is 4.22. The first kappa shape index (κ1) is 8.30. The minimum atomic E-state index is 0.633. The van der Waals surface area contributed by atoms with Crippen LogP contribution in [0.1, 0.15) is 6.92 Å². The van der Waals surface area contributed by atoms with E-state index in [0.29, 0.717) is 4.99 Å². The SMILES string of the molecule is C=CC(=S)N(C)/N=C/C. The third-order valence-electron chi connectivity index (χ3n) is 0.782. The molecule has 0 heterocycles. The highest BCUT2D eigenvalue weighted by Gasteiger charge is 1.91. The van der Waals surface area contributed by atoms with Gasteiger partial charge in [0.05, 0.1) is 0 Å². The van der Waals surface area contributed by atoms with Gasteiger partial charge < -0.3 is 0 Å². The molecule has 0 atom stereocenters. The molecule has 0 amide bonds. The van der Waals surface area contributed by atoms with Crippen molar-refractivity contribution >= 4 is 23.4 Å². The summed E-state index contributed by atoms with van der Waals surface area (Å²) in [4.78, 5) is 0.633. The lowest BCUT2D eigenvalue weighted by atomic mass is 10.6. The summed E-state index contributed by atoms with van der Waals surface area (Å²) in [7, 11) is 1.78. The lowest BCUT2D eigenvalue weighted by Gasteiger charge is -2.08. The Morgan fingerprint density at radius 1 is 1.78 bits per heavy atom. The van der Waals surface area contributed by atoms with Gasteiger partial charge in [-0.1, -0.05) is 18.8 Å². The zero-order chi connectivity index (χ0) is 7.28. The average Bonchev–Trinajstić information content (AvgIpc) is 1.87. The highest BCUT2D eigenvalue weighted by atomic mass is 32.1. The average molecular weight is 142 g/mol. The molecule has 0 rings (SSSR count). The quantitative estimate of drug-likeness (QED) is 0.251. The first-order valence-corrected chi connectivity index (χ1v) is 3.02. The van der Waals surface area contributed by atoms with Gasteiger partial charge in [0.15, 0.2) is 0 Å². The van der Waals surface area contributed by atoms with Crippen molar-refractivity contribution in [3.63, 3.8) is 0 Å². The second-order valence-electron chi connectivity index (χ2n) is 1.44. The maximum absolute atomic E-state index is 4.84. The maximum atomic E-state index is 4.84. The molecule has 0 radical (unpaired) electrons. The van der Waals surface area contributed by atoms with E-state index in [-0.39, 0.29) is 0 Å². The van der Waals surface area contributed by atoms with E-state index in [0.717, 1.165) is 0 Å². The van der Waals surface area contributed by atoms with Gasteiger partial charge in [-0.25, -0.2) is 0 Å². The van der Waals surface area contributed by atoms with Crippen molar-refractivity contribution in [2.24, 2.45) is 5.10 Å². The summed E-state index contributed by atoms with van der Waals surface area (Å²) in [5.41, 5.74) is 0. The van der Waals surface area contributed by atoms with Crippen LogP contribution in [-0.2, 0) is 0 Å². The van der Waals surface area contributed by atoms with Crippen LogP contribution in [0.15, 0.2) is 17.8 Å². The maximum Gasteiger partial charge on any atom is 0.121 e. The predicted octanol–water partition coefficient (Wildman–Crippen LogP) is 1.44. The van der Waals surface area contributed by atoms with Gasteiger partial charge in [-0.3, -0.25) is 5.01 Å². The fourth-order valence-corrected chi connectivity index (χ4v) is 0.409. The number of rotatable bonds is 2. The minimum Gasteiger partial charge on any atom is -0.258 e. The topological polar surface area (TPSA) is 15.6 Å². The second-order valence-corrected chi connectivity index (χ2v) is 1.86. The summed E-state index contributed by atoms with van der Waals surface area (Å²) in [6.45, 7) is 5.34. The first-order valence-electron chi connectivity index (χ1n) is 2.61. The molecule has 0 aromatic rings. The summed E-state index contributed by atoms with van der Waals surface area (Å²) in [6, 6.07) is 0. The molecule has 0 N–H and O–H groups in total. The molecule has 0 bridgehead atoms. The van der Waals surface area contributed by atoms with Gasteiger partial charge >= 0.3 is 0 Å². The van der Waals surface area contributed by atoms with Crippen molar-refractivity contribution in [2.45, 2.75) is 6.92 Å². The fourth-order valence-electron chi connectivity index (χ4n) is 0.362. The summed E-state index contributed by atoms with van der Waals surface area (Å²) in [5.74, 6) is 0. The molecule has 2 nitrogen and oxygen atoms in total. The molecule has 0 aromatic heterocycles. The van der Waals surface area contributed by atoms with Crippen LogP contribution in [-0.4, -0.2) is 23.3 Å². The van der Waals surface area contributed by atoms with Crippen LogP contribution in [0.25, 0.3) is 0 Å². The number of thiocarbonyl (C=S) groups is 1. The number of nitrogens with zero attached hydrogens (tertiary/aromatic N) is 2. The van der Waals surface area contributed by atoms with E-state index in [1.54, 1.807) is 24.3 Å². The number of hydrogen-bond donors (Lipinski definition) is 0.